The van der Waals surface area contributed by atoms with Gasteiger partial charge < -0.3 is 10.3 Å². The minimum Gasteiger partial charge on any atom is -0.361 e. The molecule has 2 heterocycles. The summed E-state index contributed by atoms with van der Waals surface area (Å²) in [5, 5.41) is 4.55. The number of benzene rings is 2. The maximum Gasteiger partial charge on any atom is 0.192 e. The third-order valence-corrected chi connectivity index (χ3v) is 6.20. The van der Waals surface area contributed by atoms with Crippen molar-refractivity contribution in [2.45, 2.75) is 25.2 Å². The van der Waals surface area contributed by atoms with Crippen molar-refractivity contribution >= 4 is 28.2 Å². The van der Waals surface area contributed by atoms with Crippen molar-refractivity contribution in [2.24, 2.45) is 0 Å². The smallest absolute Gasteiger partial charge is 0.192 e. The molecule has 1 aliphatic heterocycles. The number of allylic oxidation sites excluding steroid dienone is 3. The third kappa shape index (κ3) is 1.95. The summed E-state index contributed by atoms with van der Waals surface area (Å²) in [5.41, 5.74) is 7.03. The van der Waals surface area contributed by atoms with Gasteiger partial charge in [-0.15, -0.1) is 0 Å². The van der Waals surface area contributed by atoms with E-state index >= 15 is 0 Å². The number of rotatable bonds is 1. The molecule has 0 radical (unpaired) electrons. The fraction of sp³-hybridized carbons (Fsp3) is 0.167. The number of carbonyl (C=O) groups excluding carboxylic acids is 2. The van der Waals surface area contributed by atoms with Crippen LogP contribution in [0.2, 0.25) is 0 Å². The van der Waals surface area contributed by atoms with Gasteiger partial charge in [0, 0.05) is 57.4 Å². The van der Waals surface area contributed by atoms with Crippen LogP contribution < -0.4 is 5.32 Å². The fourth-order valence-electron chi connectivity index (χ4n) is 4.98. The number of hydrogen-bond acceptors (Lipinski definition) is 3. The minimum absolute atomic E-state index is 0.0262. The summed E-state index contributed by atoms with van der Waals surface area (Å²) in [7, 11) is 0. The summed E-state index contributed by atoms with van der Waals surface area (Å²) < 4.78 is 0. The van der Waals surface area contributed by atoms with Crippen molar-refractivity contribution in [3.05, 3.63) is 88.3 Å². The summed E-state index contributed by atoms with van der Waals surface area (Å²) in [6.07, 6.45) is 4.20. The van der Waals surface area contributed by atoms with Crippen LogP contribution in [0, 0.1) is 0 Å². The van der Waals surface area contributed by atoms with Gasteiger partial charge in [0.05, 0.1) is 5.70 Å². The van der Waals surface area contributed by atoms with Gasteiger partial charge in [0.25, 0.3) is 0 Å². The molecular weight excluding hydrogens is 348 g/mol. The molecule has 0 fully saturated rings. The first kappa shape index (κ1) is 15.6. The Bertz CT molecular complexity index is 1260. The number of H-pyrrole nitrogens is 1. The molecule has 0 saturated heterocycles. The average Bonchev–Trinajstić information content (AvgIpc) is 3.27. The zero-order valence-electron chi connectivity index (χ0n) is 15.2. The molecule has 136 valence electrons. The Balaban J connectivity index is 1.65. The van der Waals surface area contributed by atoms with Crippen molar-refractivity contribution in [2.75, 3.05) is 0 Å². The van der Waals surface area contributed by atoms with E-state index in [1.54, 1.807) is 0 Å². The number of para-hydroxylation sites is 1. The molecule has 2 N–H and O–H groups in total. The molecule has 0 amide bonds. The SMILES string of the molecule is O=C1CCCC2=C1C(c1c[nH]c3ccccc13)C1=C(N2)c2ccccc2C1=O. The minimum atomic E-state index is -0.324. The second kappa shape index (κ2) is 5.55. The van der Waals surface area contributed by atoms with Crippen LogP contribution in [0.25, 0.3) is 16.6 Å². The van der Waals surface area contributed by atoms with Crippen molar-refractivity contribution in [1.82, 2.24) is 10.3 Å². The van der Waals surface area contributed by atoms with Crippen molar-refractivity contribution < 1.29 is 9.59 Å². The third-order valence-electron chi connectivity index (χ3n) is 6.20. The molecule has 4 heteroatoms. The molecule has 2 aliphatic carbocycles. The van der Waals surface area contributed by atoms with Crippen molar-refractivity contribution in [3.8, 4) is 0 Å². The summed E-state index contributed by atoms with van der Waals surface area (Å²) in [5.74, 6) is -0.146. The largest absolute Gasteiger partial charge is 0.361 e. The highest BCUT2D eigenvalue weighted by Gasteiger charge is 2.44. The summed E-state index contributed by atoms with van der Waals surface area (Å²) in [6.45, 7) is 0. The normalized spacial score (nSPS) is 20.9. The summed E-state index contributed by atoms with van der Waals surface area (Å²) in [6, 6.07) is 15.8. The summed E-state index contributed by atoms with van der Waals surface area (Å²) in [4.78, 5) is 29.7. The van der Waals surface area contributed by atoms with Crippen LogP contribution in [0.1, 0.15) is 46.7 Å². The lowest BCUT2D eigenvalue weighted by Gasteiger charge is -2.33. The summed E-state index contributed by atoms with van der Waals surface area (Å²) >= 11 is 0. The first-order chi connectivity index (χ1) is 13.7. The van der Waals surface area contributed by atoms with Gasteiger partial charge in [-0.1, -0.05) is 42.5 Å². The Kier molecular flexibility index (Phi) is 3.10. The lowest BCUT2D eigenvalue weighted by atomic mass is 9.75. The van der Waals surface area contributed by atoms with Crippen LogP contribution in [0.15, 0.2) is 71.6 Å². The van der Waals surface area contributed by atoms with Crippen molar-refractivity contribution in [3.63, 3.8) is 0 Å². The van der Waals surface area contributed by atoms with Crippen LogP contribution in [-0.4, -0.2) is 16.6 Å². The van der Waals surface area contributed by atoms with Gasteiger partial charge in [-0.2, -0.15) is 0 Å². The highest BCUT2D eigenvalue weighted by atomic mass is 16.1. The molecule has 3 aliphatic rings. The van der Waals surface area contributed by atoms with Crippen LogP contribution in [0.3, 0.4) is 0 Å². The predicted molar refractivity (Wildman–Crippen MR) is 108 cm³/mol. The second-order valence-corrected chi connectivity index (χ2v) is 7.68. The number of carbonyl (C=O) groups is 2. The first-order valence-electron chi connectivity index (χ1n) is 9.71. The standard InChI is InChI=1S/C24H18N2O2/c27-19-11-5-10-18-21(19)20(16-12-25-17-9-4-3-6-13(16)17)22-23(26-18)14-7-1-2-8-15(14)24(22)28/h1-4,6-9,12,20,25-26H,5,10-11H2. The predicted octanol–water partition coefficient (Wildman–Crippen LogP) is 4.47. The van der Waals surface area contributed by atoms with Crippen LogP contribution in [0.5, 0.6) is 0 Å². The highest BCUT2D eigenvalue weighted by molar-refractivity contribution is 6.23. The Morgan fingerprint density at radius 1 is 0.857 bits per heavy atom. The topological polar surface area (TPSA) is 62.0 Å². The van der Waals surface area contributed by atoms with Crippen LogP contribution >= 0.6 is 0 Å². The Morgan fingerprint density at radius 3 is 2.54 bits per heavy atom. The van der Waals surface area contributed by atoms with E-state index in [1.165, 1.54) is 0 Å². The number of aromatic amines is 1. The van der Waals surface area contributed by atoms with Gasteiger partial charge >= 0.3 is 0 Å². The Morgan fingerprint density at radius 2 is 1.64 bits per heavy atom. The number of aromatic nitrogens is 1. The zero-order chi connectivity index (χ0) is 18.8. The van der Waals surface area contributed by atoms with Gasteiger partial charge in [-0.3, -0.25) is 9.59 Å². The Hall–Kier alpha value is -3.40. The van der Waals surface area contributed by atoms with E-state index in [-0.39, 0.29) is 17.5 Å². The van der Waals surface area contributed by atoms with E-state index in [1.807, 2.05) is 48.7 Å². The zero-order valence-corrected chi connectivity index (χ0v) is 15.2. The molecule has 4 nitrogen and oxygen atoms in total. The van der Waals surface area contributed by atoms with Gasteiger partial charge in [0.15, 0.2) is 11.6 Å². The molecule has 1 aromatic heterocycles. The van der Waals surface area contributed by atoms with E-state index < -0.39 is 0 Å². The number of hydrogen-bond donors (Lipinski definition) is 2. The fourth-order valence-corrected chi connectivity index (χ4v) is 4.98. The van der Waals surface area contributed by atoms with E-state index in [0.717, 1.165) is 57.4 Å². The van der Waals surface area contributed by atoms with Gasteiger partial charge in [-0.05, 0) is 24.5 Å². The molecule has 1 unspecified atom stereocenters. The lowest BCUT2D eigenvalue weighted by Crippen LogP contribution is -2.31. The van der Waals surface area contributed by atoms with Gasteiger partial charge in [0.2, 0.25) is 0 Å². The average molecular weight is 366 g/mol. The molecule has 0 spiro atoms. The highest BCUT2D eigenvalue weighted by Crippen LogP contribution is 2.49. The molecule has 6 rings (SSSR count). The lowest BCUT2D eigenvalue weighted by molar-refractivity contribution is -0.116. The number of ketones is 2. The maximum absolute atomic E-state index is 13.4. The first-order valence-corrected chi connectivity index (χ1v) is 9.71. The second-order valence-electron chi connectivity index (χ2n) is 7.68. The monoisotopic (exact) mass is 366 g/mol. The molecule has 0 bridgehead atoms. The van der Waals surface area contributed by atoms with E-state index in [4.69, 9.17) is 0 Å². The number of fused-ring (bicyclic) bond motifs is 3. The quantitative estimate of drug-likeness (QED) is 0.668. The van der Waals surface area contributed by atoms with E-state index in [2.05, 4.69) is 16.4 Å². The van der Waals surface area contributed by atoms with Gasteiger partial charge in [0.1, 0.15) is 0 Å². The van der Waals surface area contributed by atoms with E-state index in [0.29, 0.717) is 12.0 Å². The number of Topliss-reactive ketones (excluding diaryl/α,β-unsaturated/α-hetero) is 2. The van der Waals surface area contributed by atoms with Crippen LogP contribution in [-0.2, 0) is 4.79 Å². The van der Waals surface area contributed by atoms with Crippen LogP contribution in [0.4, 0.5) is 0 Å². The van der Waals surface area contributed by atoms with Gasteiger partial charge in [-0.25, -0.2) is 0 Å². The molecule has 28 heavy (non-hydrogen) atoms. The Labute approximate surface area is 162 Å². The van der Waals surface area contributed by atoms with Crippen molar-refractivity contribution in [1.29, 1.82) is 0 Å². The number of dihydropyridines is 1. The maximum atomic E-state index is 13.4. The number of nitrogens with one attached hydrogen (secondary N) is 2. The molecule has 3 aromatic rings. The molecular formula is C24H18N2O2. The molecule has 2 aromatic carbocycles. The van der Waals surface area contributed by atoms with E-state index in [9.17, 15) is 9.59 Å². The molecule has 0 saturated carbocycles. The molecule has 1 atom stereocenters.